The average Bonchev–Trinajstić information content (AvgIpc) is 2.99. The summed E-state index contributed by atoms with van der Waals surface area (Å²) in [7, 11) is 3.16. The molecule has 2 atom stereocenters. The molecule has 29 heavy (non-hydrogen) atoms. The average molecular weight is 389 g/mol. The molecule has 1 aliphatic carbocycles. The van der Waals surface area contributed by atoms with Crippen LogP contribution >= 0.6 is 0 Å². The number of amides is 1. The molecular formula is C23H23N3O3. The third kappa shape index (κ3) is 2.76. The molecule has 0 saturated heterocycles. The molecule has 6 nitrogen and oxygen atoms in total. The number of hydrogen-bond acceptors (Lipinski definition) is 5. The standard InChI is InChI=1S/C23H23N3O3/c1-26-20(28)23(25-21(26)24,18-11-6-12-19(27)14-18)22(29-2)13-7-10-17(15-22)16-8-4-3-5-9-16/h3-14,27H,15H2,1-2H3,(H2,24,25). The van der Waals surface area contributed by atoms with Gasteiger partial charge >= 0.3 is 0 Å². The summed E-state index contributed by atoms with van der Waals surface area (Å²) < 4.78 is 6.06. The lowest BCUT2D eigenvalue weighted by Gasteiger charge is -2.44. The molecule has 1 amide bonds. The fourth-order valence-corrected chi connectivity index (χ4v) is 4.19. The van der Waals surface area contributed by atoms with Crippen molar-refractivity contribution in [2.45, 2.75) is 17.6 Å². The Bertz CT molecular complexity index is 1040. The molecule has 0 spiro atoms. The van der Waals surface area contributed by atoms with E-state index in [1.54, 1.807) is 38.4 Å². The Kier molecular flexibility index (Phi) is 4.51. The van der Waals surface area contributed by atoms with Gasteiger partial charge in [-0.2, -0.15) is 0 Å². The third-order valence-electron chi connectivity index (χ3n) is 5.74. The van der Waals surface area contributed by atoms with Crippen LogP contribution in [-0.4, -0.2) is 41.6 Å². The molecular weight excluding hydrogens is 366 g/mol. The van der Waals surface area contributed by atoms with Crippen molar-refractivity contribution in [2.75, 3.05) is 14.2 Å². The van der Waals surface area contributed by atoms with E-state index in [9.17, 15) is 9.90 Å². The van der Waals surface area contributed by atoms with Crippen molar-refractivity contribution in [1.29, 1.82) is 0 Å². The third-order valence-corrected chi connectivity index (χ3v) is 5.74. The summed E-state index contributed by atoms with van der Waals surface area (Å²) in [6, 6.07) is 16.5. The molecule has 6 heteroatoms. The van der Waals surface area contributed by atoms with Gasteiger partial charge in [0.15, 0.2) is 5.96 Å². The van der Waals surface area contributed by atoms with Gasteiger partial charge in [-0.05, 0) is 34.9 Å². The highest BCUT2D eigenvalue weighted by atomic mass is 16.5. The number of aromatic hydroxyl groups is 1. The number of methoxy groups -OCH3 is 1. The minimum atomic E-state index is -1.45. The molecule has 0 bridgehead atoms. The van der Waals surface area contributed by atoms with E-state index >= 15 is 0 Å². The largest absolute Gasteiger partial charge is 0.508 e. The van der Waals surface area contributed by atoms with Crippen molar-refractivity contribution in [3.05, 3.63) is 84.0 Å². The van der Waals surface area contributed by atoms with Crippen molar-refractivity contribution in [2.24, 2.45) is 10.7 Å². The number of ether oxygens (including phenoxy) is 1. The Morgan fingerprint density at radius 2 is 1.93 bits per heavy atom. The minimum Gasteiger partial charge on any atom is -0.508 e. The summed E-state index contributed by atoms with van der Waals surface area (Å²) in [5, 5.41) is 10.1. The number of nitrogens with zero attached hydrogens (tertiary/aromatic N) is 2. The van der Waals surface area contributed by atoms with E-state index in [1.807, 2.05) is 48.6 Å². The van der Waals surface area contributed by atoms with Gasteiger partial charge in [0.2, 0.25) is 5.54 Å². The lowest BCUT2D eigenvalue weighted by molar-refractivity contribution is -0.140. The van der Waals surface area contributed by atoms with Crippen LogP contribution < -0.4 is 5.73 Å². The number of guanidine groups is 1. The molecule has 2 aromatic rings. The van der Waals surface area contributed by atoms with Crippen LogP contribution in [0.5, 0.6) is 5.75 Å². The second-order valence-electron chi connectivity index (χ2n) is 7.28. The number of carbonyl (C=O) groups excluding carboxylic acids is 1. The Balaban J connectivity index is 1.92. The first-order valence-electron chi connectivity index (χ1n) is 9.35. The zero-order valence-electron chi connectivity index (χ0n) is 16.4. The predicted molar refractivity (Wildman–Crippen MR) is 112 cm³/mol. The number of rotatable bonds is 4. The predicted octanol–water partition coefficient (Wildman–Crippen LogP) is 2.80. The van der Waals surface area contributed by atoms with E-state index < -0.39 is 11.1 Å². The lowest BCUT2D eigenvalue weighted by atomic mass is 9.68. The van der Waals surface area contributed by atoms with E-state index in [2.05, 4.69) is 4.99 Å². The van der Waals surface area contributed by atoms with Crippen molar-refractivity contribution in [3.63, 3.8) is 0 Å². The molecule has 0 fully saturated rings. The smallest absolute Gasteiger partial charge is 0.265 e. The molecule has 3 N–H and O–H groups in total. The molecule has 4 rings (SSSR count). The van der Waals surface area contributed by atoms with Gasteiger partial charge in [0.25, 0.3) is 5.91 Å². The minimum absolute atomic E-state index is 0.0443. The van der Waals surface area contributed by atoms with Crippen LogP contribution in [0.25, 0.3) is 5.57 Å². The van der Waals surface area contributed by atoms with Gasteiger partial charge < -0.3 is 15.6 Å². The second kappa shape index (κ2) is 6.90. The number of phenolic OH excluding ortho intramolecular Hbond substituents is 1. The summed E-state index contributed by atoms with van der Waals surface area (Å²) in [4.78, 5) is 19.5. The van der Waals surface area contributed by atoms with Gasteiger partial charge in [0.1, 0.15) is 11.4 Å². The highest BCUT2D eigenvalue weighted by molar-refractivity contribution is 6.08. The van der Waals surface area contributed by atoms with Gasteiger partial charge in [-0.3, -0.25) is 9.69 Å². The number of likely N-dealkylation sites (N-methyl/N-ethyl adjacent to an activating group) is 1. The van der Waals surface area contributed by atoms with Crippen molar-refractivity contribution in [1.82, 2.24) is 4.90 Å². The van der Waals surface area contributed by atoms with E-state index in [1.165, 1.54) is 4.90 Å². The fraction of sp³-hybridized carbons (Fsp3) is 0.217. The van der Waals surface area contributed by atoms with Crippen LogP contribution in [0.3, 0.4) is 0 Å². The fourth-order valence-electron chi connectivity index (χ4n) is 4.19. The highest BCUT2D eigenvalue weighted by Gasteiger charge is 2.62. The first-order valence-corrected chi connectivity index (χ1v) is 9.35. The summed E-state index contributed by atoms with van der Waals surface area (Å²) in [6.07, 6.45) is 6.17. The highest BCUT2D eigenvalue weighted by Crippen LogP contribution is 2.50. The molecule has 148 valence electrons. The maximum Gasteiger partial charge on any atom is 0.265 e. The van der Waals surface area contributed by atoms with E-state index in [0.29, 0.717) is 12.0 Å². The van der Waals surface area contributed by atoms with E-state index in [0.717, 1.165) is 11.1 Å². The van der Waals surface area contributed by atoms with Crippen LogP contribution in [-0.2, 0) is 15.1 Å². The van der Waals surface area contributed by atoms with Gasteiger partial charge in [-0.25, -0.2) is 4.99 Å². The molecule has 1 aliphatic heterocycles. The van der Waals surface area contributed by atoms with Gasteiger partial charge in [-0.1, -0.05) is 54.6 Å². The number of carbonyl (C=O) groups is 1. The number of hydrogen-bond donors (Lipinski definition) is 2. The first kappa shape index (κ1) is 19.0. The van der Waals surface area contributed by atoms with Crippen molar-refractivity contribution in [3.8, 4) is 5.75 Å². The summed E-state index contributed by atoms with van der Waals surface area (Å²) >= 11 is 0. The van der Waals surface area contributed by atoms with Crippen molar-refractivity contribution < 1.29 is 14.6 Å². The van der Waals surface area contributed by atoms with Crippen LogP contribution in [0.1, 0.15) is 17.5 Å². The summed E-state index contributed by atoms with van der Waals surface area (Å²) in [5.41, 5.74) is 6.10. The molecule has 1 heterocycles. The quantitative estimate of drug-likeness (QED) is 0.842. The summed E-state index contributed by atoms with van der Waals surface area (Å²) in [5.74, 6) is -0.150. The van der Waals surface area contributed by atoms with Crippen LogP contribution in [0.2, 0.25) is 0 Å². The number of phenols is 1. The van der Waals surface area contributed by atoms with Crippen LogP contribution in [0.4, 0.5) is 0 Å². The van der Waals surface area contributed by atoms with Crippen molar-refractivity contribution >= 4 is 17.4 Å². The number of benzene rings is 2. The van der Waals surface area contributed by atoms with E-state index in [-0.39, 0.29) is 17.6 Å². The molecule has 0 radical (unpaired) electrons. The Morgan fingerprint density at radius 1 is 1.17 bits per heavy atom. The second-order valence-corrected chi connectivity index (χ2v) is 7.28. The van der Waals surface area contributed by atoms with Crippen LogP contribution in [0.15, 0.2) is 77.8 Å². The molecule has 0 aromatic heterocycles. The van der Waals surface area contributed by atoms with Gasteiger partial charge in [0.05, 0.1) is 0 Å². The SMILES string of the molecule is COC1(C2(c3cccc(O)c3)N=C(N)N(C)C2=O)C=CC=C(c2ccccc2)C1. The Hall–Kier alpha value is -3.38. The molecule has 0 saturated carbocycles. The Morgan fingerprint density at radius 3 is 2.55 bits per heavy atom. The van der Waals surface area contributed by atoms with E-state index in [4.69, 9.17) is 10.5 Å². The number of allylic oxidation sites excluding steroid dienone is 2. The normalized spacial score (nSPS) is 26.4. The topological polar surface area (TPSA) is 88.2 Å². The first-order chi connectivity index (χ1) is 13.9. The maximum absolute atomic E-state index is 13.6. The monoisotopic (exact) mass is 389 g/mol. The zero-order chi connectivity index (χ0) is 20.6. The van der Waals surface area contributed by atoms with Gasteiger partial charge in [0, 0.05) is 20.6 Å². The molecule has 2 aromatic carbocycles. The molecule has 2 aliphatic rings. The lowest BCUT2D eigenvalue weighted by Crippen LogP contribution is -2.57. The zero-order valence-corrected chi connectivity index (χ0v) is 16.4. The van der Waals surface area contributed by atoms with Gasteiger partial charge in [-0.15, -0.1) is 0 Å². The summed E-state index contributed by atoms with van der Waals surface area (Å²) in [6.45, 7) is 0. The Labute approximate surface area is 169 Å². The maximum atomic E-state index is 13.6. The molecule has 2 unspecified atom stereocenters. The van der Waals surface area contributed by atoms with Crippen LogP contribution in [0, 0.1) is 0 Å². The number of nitrogens with two attached hydrogens (primary N) is 1. The number of aliphatic imine (C=N–C) groups is 1.